The monoisotopic (exact) mass is 279 g/mol. The molecule has 0 bridgehead atoms. The van der Waals surface area contributed by atoms with Gasteiger partial charge in [0.05, 0.1) is 0 Å². The normalized spacial score (nSPS) is 22.2. The maximum absolute atomic E-state index is 6.02. The van der Waals surface area contributed by atoms with Crippen molar-refractivity contribution in [3.63, 3.8) is 0 Å². The second-order valence-corrected chi connectivity index (χ2v) is 6.96. The molecule has 4 heteroatoms. The summed E-state index contributed by atoms with van der Waals surface area (Å²) in [6, 6.07) is 9.17. The summed E-state index contributed by atoms with van der Waals surface area (Å²) >= 11 is 2.06. The second kappa shape index (κ2) is 6.64. The summed E-state index contributed by atoms with van der Waals surface area (Å²) in [7, 11) is 4.14. The van der Waals surface area contributed by atoms with Gasteiger partial charge in [0.15, 0.2) is 0 Å². The van der Waals surface area contributed by atoms with E-state index in [0.29, 0.717) is 17.8 Å². The van der Waals surface area contributed by atoms with Crippen LogP contribution in [-0.4, -0.2) is 49.6 Å². The number of rotatable bonds is 4. The van der Waals surface area contributed by atoms with Crippen LogP contribution in [0, 0.1) is 0 Å². The third-order valence-corrected chi connectivity index (χ3v) is 4.87. The first-order valence-corrected chi connectivity index (χ1v) is 7.99. The van der Waals surface area contributed by atoms with Gasteiger partial charge in [0, 0.05) is 56.5 Å². The van der Waals surface area contributed by atoms with Gasteiger partial charge < -0.3 is 10.6 Å². The predicted molar refractivity (Wildman–Crippen MR) is 86.1 cm³/mol. The number of nitrogens with zero attached hydrogens (tertiary/aromatic N) is 2. The smallest absolute Gasteiger partial charge is 0.0471 e. The molecule has 106 valence electrons. The molecule has 0 amide bonds. The van der Waals surface area contributed by atoms with Gasteiger partial charge in [0.1, 0.15) is 0 Å². The maximum atomic E-state index is 6.02. The number of hydrogen-bond donors (Lipinski definition) is 1. The summed E-state index contributed by atoms with van der Waals surface area (Å²) in [6.07, 6.45) is 0. The minimum absolute atomic E-state index is 0.361. The summed E-state index contributed by atoms with van der Waals surface area (Å²) < 4.78 is 0. The van der Waals surface area contributed by atoms with Crippen molar-refractivity contribution in [2.75, 3.05) is 44.4 Å². The summed E-state index contributed by atoms with van der Waals surface area (Å²) in [5, 5.41) is 0.712. The average molecular weight is 279 g/mol. The van der Waals surface area contributed by atoms with E-state index in [0.717, 1.165) is 13.1 Å². The molecule has 0 aliphatic carbocycles. The molecule has 19 heavy (non-hydrogen) atoms. The lowest BCUT2D eigenvalue weighted by Crippen LogP contribution is -2.42. The molecule has 1 fully saturated rings. The van der Waals surface area contributed by atoms with Gasteiger partial charge in [-0.15, -0.1) is 0 Å². The van der Waals surface area contributed by atoms with Crippen LogP contribution >= 0.6 is 11.8 Å². The fraction of sp³-hybridized carbons (Fsp3) is 0.600. The molecule has 0 aromatic heterocycles. The first-order valence-electron chi connectivity index (χ1n) is 6.95. The molecule has 3 nitrogen and oxygen atoms in total. The van der Waals surface area contributed by atoms with Crippen molar-refractivity contribution in [3.8, 4) is 0 Å². The summed E-state index contributed by atoms with van der Waals surface area (Å²) in [5.74, 6) is 1.22. The molecule has 1 aliphatic rings. The Balaban J connectivity index is 2.12. The van der Waals surface area contributed by atoms with Crippen LogP contribution in [0.3, 0.4) is 0 Å². The minimum Gasteiger partial charge on any atom is -0.378 e. The Bertz CT molecular complexity index is 391. The van der Waals surface area contributed by atoms with Crippen LogP contribution in [0.25, 0.3) is 0 Å². The van der Waals surface area contributed by atoms with Gasteiger partial charge in [-0.05, 0) is 17.7 Å². The molecule has 0 radical (unpaired) electrons. The Morgan fingerprint density at radius 1 is 1.37 bits per heavy atom. The molecule has 1 aromatic rings. The van der Waals surface area contributed by atoms with Crippen molar-refractivity contribution in [2.45, 2.75) is 18.2 Å². The highest BCUT2D eigenvalue weighted by Crippen LogP contribution is 2.27. The number of thioether (sulfide) groups is 1. The van der Waals surface area contributed by atoms with E-state index >= 15 is 0 Å². The number of anilines is 1. The molecule has 2 rings (SSSR count). The Labute approximate surface area is 121 Å². The minimum atomic E-state index is 0.361. The highest BCUT2D eigenvalue weighted by atomic mass is 32.2. The van der Waals surface area contributed by atoms with E-state index in [1.165, 1.54) is 17.0 Å². The van der Waals surface area contributed by atoms with Crippen molar-refractivity contribution in [3.05, 3.63) is 29.8 Å². The largest absolute Gasteiger partial charge is 0.378 e. The zero-order valence-corrected chi connectivity index (χ0v) is 13.0. The predicted octanol–water partition coefficient (Wildman–Crippen LogP) is 2.19. The second-order valence-electron chi connectivity index (χ2n) is 5.41. The molecule has 2 atom stereocenters. The van der Waals surface area contributed by atoms with Crippen LogP contribution in [0.15, 0.2) is 24.3 Å². The van der Waals surface area contributed by atoms with Crippen LogP contribution < -0.4 is 10.6 Å². The van der Waals surface area contributed by atoms with Crippen LogP contribution in [0.5, 0.6) is 0 Å². The van der Waals surface area contributed by atoms with Crippen LogP contribution in [-0.2, 0) is 0 Å². The van der Waals surface area contributed by atoms with Gasteiger partial charge >= 0.3 is 0 Å². The molecule has 0 saturated carbocycles. The Hall–Kier alpha value is -0.710. The molecule has 0 spiro atoms. The summed E-state index contributed by atoms with van der Waals surface area (Å²) in [6.45, 7) is 5.28. The van der Waals surface area contributed by atoms with Crippen LogP contribution in [0.1, 0.15) is 18.5 Å². The quantitative estimate of drug-likeness (QED) is 0.916. The van der Waals surface area contributed by atoms with E-state index in [9.17, 15) is 0 Å². The Morgan fingerprint density at radius 3 is 2.58 bits per heavy atom. The van der Waals surface area contributed by atoms with Crippen LogP contribution in [0.4, 0.5) is 5.69 Å². The Morgan fingerprint density at radius 2 is 2.05 bits per heavy atom. The molecule has 1 heterocycles. The van der Waals surface area contributed by atoms with Gasteiger partial charge in [-0.25, -0.2) is 0 Å². The van der Waals surface area contributed by atoms with E-state index in [4.69, 9.17) is 5.73 Å². The van der Waals surface area contributed by atoms with E-state index < -0.39 is 0 Å². The van der Waals surface area contributed by atoms with E-state index in [1.807, 2.05) is 0 Å². The van der Waals surface area contributed by atoms with Crippen molar-refractivity contribution in [1.29, 1.82) is 0 Å². The number of nitrogens with two attached hydrogens (primary N) is 1. The third-order valence-electron chi connectivity index (χ3n) is 3.73. The zero-order chi connectivity index (χ0) is 13.8. The van der Waals surface area contributed by atoms with Gasteiger partial charge in [0.2, 0.25) is 0 Å². The summed E-state index contributed by atoms with van der Waals surface area (Å²) in [5.41, 5.74) is 8.60. The van der Waals surface area contributed by atoms with Gasteiger partial charge in [-0.1, -0.05) is 19.1 Å². The van der Waals surface area contributed by atoms with Crippen molar-refractivity contribution in [2.24, 2.45) is 5.73 Å². The summed E-state index contributed by atoms with van der Waals surface area (Å²) in [4.78, 5) is 4.66. The third kappa shape index (κ3) is 3.65. The first-order chi connectivity index (χ1) is 9.11. The van der Waals surface area contributed by atoms with E-state index in [-0.39, 0.29) is 0 Å². The fourth-order valence-corrected chi connectivity index (χ4v) is 3.66. The number of benzene rings is 1. The SMILES string of the molecule is CC1CN(C(CN)c2ccc(N(C)C)cc2)CCS1. The highest BCUT2D eigenvalue weighted by molar-refractivity contribution is 7.99. The topological polar surface area (TPSA) is 32.5 Å². The van der Waals surface area contributed by atoms with E-state index in [1.54, 1.807) is 0 Å². The van der Waals surface area contributed by atoms with Gasteiger partial charge in [-0.2, -0.15) is 11.8 Å². The maximum Gasteiger partial charge on any atom is 0.0471 e. The van der Waals surface area contributed by atoms with Gasteiger partial charge in [0.25, 0.3) is 0 Å². The lowest BCUT2D eigenvalue weighted by molar-refractivity contribution is 0.211. The van der Waals surface area contributed by atoms with Crippen molar-refractivity contribution in [1.82, 2.24) is 4.90 Å². The van der Waals surface area contributed by atoms with Gasteiger partial charge in [-0.3, -0.25) is 4.90 Å². The Kier molecular flexibility index (Phi) is 5.13. The molecular weight excluding hydrogens is 254 g/mol. The average Bonchev–Trinajstić information content (AvgIpc) is 2.40. The molecule has 2 unspecified atom stereocenters. The molecule has 1 aromatic carbocycles. The van der Waals surface area contributed by atoms with Crippen molar-refractivity contribution >= 4 is 17.4 Å². The number of hydrogen-bond acceptors (Lipinski definition) is 4. The highest BCUT2D eigenvalue weighted by Gasteiger charge is 2.24. The first kappa shape index (κ1) is 14.7. The van der Waals surface area contributed by atoms with Crippen molar-refractivity contribution < 1.29 is 0 Å². The molecule has 2 N–H and O–H groups in total. The lowest BCUT2D eigenvalue weighted by Gasteiger charge is -2.36. The molecule has 1 saturated heterocycles. The molecule has 1 aliphatic heterocycles. The molecular formula is C15H25N3S. The van der Waals surface area contributed by atoms with Crippen LogP contribution in [0.2, 0.25) is 0 Å². The fourth-order valence-electron chi connectivity index (χ4n) is 2.62. The van der Waals surface area contributed by atoms with E-state index in [2.05, 4.69) is 66.8 Å². The zero-order valence-electron chi connectivity index (χ0n) is 12.2. The lowest BCUT2D eigenvalue weighted by atomic mass is 10.0. The standard InChI is InChI=1S/C15H25N3S/c1-12-11-18(8-9-19-12)15(10-16)13-4-6-14(7-5-13)17(2)3/h4-7,12,15H,8-11,16H2,1-3H3.